The Kier molecular flexibility index (Phi) is 6.89. The van der Waals surface area contributed by atoms with E-state index in [9.17, 15) is 0 Å². The Hall–Kier alpha value is -3.97. The zero-order chi connectivity index (χ0) is 22.2. The highest BCUT2D eigenvalue weighted by atomic mass is 32.1. The molecule has 1 atom stereocenters. The minimum atomic E-state index is 0.0139. The maximum atomic E-state index is 5.89. The maximum Gasteiger partial charge on any atom is 0.235 e. The van der Waals surface area contributed by atoms with E-state index in [0.29, 0.717) is 28.4 Å². The van der Waals surface area contributed by atoms with E-state index in [1.165, 1.54) is 0 Å². The Morgan fingerprint density at radius 2 is 1.22 bits per heavy atom. The van der Waals surface area contributed by atoms with Gasteiger partial charge in [0.25, 0.3) is 0 Å². The van der Waals surface area contributed by atoms with Crippen molar-refractivity contribution >= 4 is 23.3 Å². The largest absolute Gasteiger partial charge is 0.439 e. The lowest BCUT2D eigenvalue weighted by Gasteiger charge is -2.17. The number of rotatable bonds is 7. The summed E-state index contributed by atoms with van der Waals surface area (Å²) in [4.78, 5) is 8.88. The van der Waals surface area contributed by atoms with E-state index in [0.717, 1.165) is 5.56 Å². The summed E-state index contributed by atoms with van der Waals surface area (Å²) in [6.45, 7) is 2.03. The minimum absolute atomic E-state index is 0.0139. The molecule has 2 N–H and O–H groups in total. The van der Waals surface area contributed by atoms with Crippen molar-refractivity contribution in [1.29, 1.82) is 0 Å². The monoisotopic (exact) mass is 442 g/mol. The van der Waals surface area contributed by atoms with Crippen molar-refractivity contribution in [2.75, 3.05) is 5.32 Å². The molecule has 7 heteroatoms. The molecule has 0 saturated heterocycles. The van der Waals surface area contributed by atoms with E-state index in [-0.39, 0.29) is 12.0 Å². The third-order valence-electron chi connectivity index (χ3n) is 4.48. The first-order chi connectivity index (χ1) is 15.7. The Morgan fingerprint density at radius 3 is 1.72 bits per heavy atom. The molecule has 0 spiro atoms. The SMILES string of the molecule is C[C@@H](NC(=S)Nc1nc(Oc2ccccc2)cc(Oc2ccccc2)n1)c1ccccc1. The number of hydrogen-bond donors (Lipinski definition) is 2. The maximum absolute atomic E-state index is 5.89. The smallest absolute Gasteiger partial charge is 0.235 e. The number of benzene rings is 3. The molecule has 1 heterocycles. The summed E-state index contributed by atoms with van der Waals surface area (Å²) < 4.78 is 11.8. The molecule has 1 aromatic heterocycles. The van der Waals surface area contributed by atoms with Crippen LogP contribution >= 0.6 is 12.2 Å². The topological polar surface area (TPSA) is 68.3 Å². The second kappa shape index (κ2) is 10.4. The van der Waals surface area contributed by atoms with Gasteiger partial charge >= 0.3 is 0 Å². The summed E-state index contributed by atoms with van der Waals surface area (Å²) in [7, 11) is 0. The third-order valence-corrected chi connectivity index (χ3v) is 4.70. The summed E-state index contributed by atoms with van der Waals surface area (Å²) in [5.41, 5.74) is 1.12. The Labute approximate surface area is 192 Å². The second-order valence-electron chi connectivity index (χ2n) is 6.93. The fourth-order valence-electron chi connectivity index (χ4n) is 2.94. The fourth-order valence-corrected chi connectivity index (χ4v) is 3.21. The van der Waals surface area contributed by atoms with Gasteiger partial charge in [0.2, 0.25) is 17.7 Å². The lowest BCUT2D eigenvalue weighted by atomic mass is 10.1. The van der Waals surface area contributed by atoms with Crippen LogP contribution in [-0.2, 0) is 0 Å². The lowest BCUT2D eigenvalue weighted by molar-refractivity contribution is 0.435. The first kappa shape index (κ1) is 21.3. The van der Waals surface area contributed by atoms with Gasteiger partial charge in [0, 0.05) is 0 Å². The van der Waals surface area contributed by atoms with Gasteiger partial charge in [0.15, 0.2) is 5.11 Å². The molecular weight excluding hydrogens is 420 g/mol. The summed E-state index contributed by atoms with van der Waals surface area (Å²) in [5.74, 6) is 2.24. The van der Waals surface area contributed by atoms with Crippen LogP contribution in [0.3, 0.4) is 0 Å². The molecule has 6 nitrogen and oxygen atoms in total. The summed E-state index contributed by atoms with van der Waals surface area (Å²) in [5, 5.41) is 6.67. The van der Waals surface area contributed by atoms with Crippen molar-refractivity contribution in [3.8, 4) is 23.3 Å². The standard InChI is InChI=1S/C25H22N4O2S/c1-18(19-11-5-2-6-12-19)26-25(32)29-24-27-22(30-20-13-7-3-8-14-20)17-23(28-24)31-21-15-9-4-10-16-21/h2-18H,1H3,(H2,26,27,28,29,32)/t18-/m1/s1. The molecule has 0 radical (unpaired) electrons. The minimum Gasteiger partial charge on any atom is -0.439 e. The molecule has 0 fully saturated rings. The van der Waals surface area contributed by atoms with Crippen LogP contribution in [0.2, 0.25) is 0 Å². The normalized spacial score (nSPS) is 11.3. The van der Waals surface area contributed by atoms with E-state index in [1.54, 1.807) is 6.07 Å². The molecule has 3 aromatic carbocycles. The highest BCUT2D eigenvalue weighted by Crippen LogP contribution is 2.27. The van der Waals surface area contributed by atoms with Gasteiger partial charge in [-0.2, -0.15) is 9.97 Å². The van der Waals surface area contributed by atoms with Crippen LogP contribution in [-0.4, -0.2) is 15.1 Å². The van der Waals surface area contributed by atoms with Gasteiger partial charge in [-0.05, 0) is 49.0 Å². The number of ether oxygens (including phenoxy) is 2. The van der Waals surface area contributed by atoms with Gasteiger partial charge in [-0.1, -0.05) is 66.7 Å². The highest BCUT2D eigenvalue weighted by molar-refractivity contribution is 7.80. The van der Waals surface area contributed by atoms with Gasteiger partial charge in [0.05, 0.1) is 12.1 Å². The average molecular weight is 443 g/mol. The van der Waals surface area contributed by atoms with Gasteiger partial charge in [-0.3, -0.25) is 0 Å². The fraction of sp³-hybridized carbons (Fsp3) is 0.0800. The highest BCUT2D eigenvalue weighted by Gasteiger charge is 2.12. The van der Waals surface area contributed by atoms with E-state index < -0.39 is 0 Å². The van der Waals surface area contributed by atoms with Crippen LogP contribution in [0.4, 0.5) is 5.95 Å². The Morgan fingerprint density at radius 1 is 0.750 bits per heavy atom. The molecule has 0 bridgehead atoms. The lowest BCUT2D eigenvalue weighted by Crippen LogP contribution is -2.31. The second-order valence-corrected chi connectivity index (χ2v) is 7.34. The van der Waals surface area contributed by atoms with Crippen molar-refractivity contribution in [2.45, 2.75) is 13.0 Å². The predicted molar refractivity (Wildman–Crippen MR) is 129 cm³/mol. The van der Waals surface area contributed by atoms with Crippen molar-refractivity contribution in [2.24, 2.45) is 0 Å². The Balaban J connectivity index is 1.53. The molecule has 32 heavy (non-hydrogen) atoms. The number of aromatic nitrogens is 2. The Bertz CT molecular complexity index is 1100. The predicted octanol–water partition coefficient (Wildman–Crippen LogP) is 6.11. The van der Waals surface area contributed by atoms with Crippen LogP contribution in [0, 0.1) is 0 Å². The van der Waals surface area contributed by atoms with Crippen molar-refractivity contribution in [3.63, 3.8) is 0 Å². The van der Waals surface area contributed by atoms with Crippen LogP contribution in [0.25, 0.3) is 0 Å². The molecular formula is C25H22N4O2S. The first-order valence-electron chi connectivity index (χ1n) is 10.1. The van der Waals surface area contributed by atoms with Crippen LogP contribution in [0.5, 0.6) is 23.3 Å². The van der Waals surface area contributed by atoms with Crippen molar-refractivity contribution in [1.82, 2.24) is 15.3 Å². The quantitative estimate of drug-likeness (QED) is 0.335. The first-order valence-corrected chi connectivity index (χ1v) is 10.5. The van der Waals surface area contributed by atoms with Gasteiger partial charge < -0.3 is 20.1 Å². The molecule has 0 saturated carbocycles. The van der Waals surface area contributed by atoms with E-state index in [4.69, 9.17) is 21.7 Å². The number of nitrogens with zero attached hydrogens (tertiary/aromatic N) is 2. The van der Waals surface area contributed by atoms with Gasteiger partial charge in [-0.15, -0.1) is 0 Å². The molecule has 0 aliphatic heterocycles. The molecule has 4 aromatic rings. The molecule has 0 aliphatic carbocycles. The van der Waals surface area contributed by atoms with E-state index in [1.807, 2.05) is 97.9 Å². The van der Waals surface area contributed by atoms with E-state index >= 15 is 0 Å². The number of para-hydroxylation sites is 2. The molecule has 0 unspecified atom stereocenters. The molecule has 4 rings (SSSR count). The number of nitrogens with one attached hydrogen (secondary N) is 2. The zero-order valence-corrected chi connectivity index (χ0v) is 18.3. The summed E-state index contributed by atoms with van der Waals surface area (Å²) >= 11 is 5.47. The molecule has 160 valence electrons. The number of anilines is 1. The third kappa shape index (κ3) is 6.02. The van der Waals surface area contributed by atoms with Crippen LogP contribution in [0.1, 0.15) is 18.5 Å². The average Bonchev–Trinajstić information content (AvgIpc) is 2.81. The number of hydrogen-bond acceptors (Lipinski definition) is 5. The van der Waals surface area contributed by atoms with E-state index in [2.05, 4.69) is 20.6 Å². The summed E-state index contributed by atoms with van der Waals surface area (Å²) in [6.07, 6.45) is 0. The van der Waals surface area contributed by atoms with Crippen molar-refractivity contribution < 1.29 is 9.47 Å². The molecule has 0 aliphatic rings. The van der Waals surface area contributed by atoms with Gasteiger partial charge in [0.1, 0.15) is 11.5 Å². The van der Waals surface area contributed by atoms with Crippen LogP contribution in [0.15, 0.2) is 97.1 Å². The summed E-state index contributed by atoms with van der Waals surface area (Å²) in [6, 6.07) is 30.5. The van der Waals surface area contributed by atoms with Gasteiger partial charge in [-0.25, -0.2) is 0 Å². The van der Waals surface area contributed by atoms with Crippen LogP contribution < -0.4 is 20.1 Å². The van der Waals surface area contributed by atoms with Crippen molar-refractivity contribution in [3.05, 3.63) is 103 Å². The molecule has 0 amide bonds. The number of thiocarbonyl (C=S) groups is 1. The zero-order valence-electron chi connectivity index (χ0n) is 17.4.